The second-order valence-electron chi connectivity index (χ2n) is 8.09. The Labute approximate surface area is 156 Å². The van der Waals surface area contributed by atoms with Gasteiger partial charge in [-0.15, -0.1) is 0 Å². The van der Waals surface area contributed by atoms with E-state index >= 15 is 0 Å². The predicted molar refractivity (Wildman–Crippen MR) is 106 cm³/mol. The zero-order valence-corrected chi connectivity index (χ0v) is 15.7. The summed E-state index contributed by atoms with van der Waals surface area (Å²) in [4.78, 5) is 0. The van der Waals surface area contributed by atoms with Gasteiger partial charge >= 0.3 is 0 Å². The van der Waals surface area contributed by atoms with Crippen molar-refractivity contribution in [1.29, 1.82) is 0 Å². The molecule has 0 saturated heterocycles. The molecule has 3 heteroatoms. The van der Waals surface area contributed by atoms with E-state index in [4.69, 9.17) is 10.5 Å². The van der Waals surface area contributed by atoms with Gasteiger partial charge in [0.25, 0.3) is 0 Å². The van der Waals surface area contributed by atoms with Crippen LogP contribution in [-0.2, 0) is 6.61 Å². The fourth-order valence-corrected chi connectivity index (χ4v) is 4.57. The Hall–Kier alpha value is -1.84. The first-order chi connectivity index (χ1) is 12.7. The van der Waals surface area contributed by atoms with Gasteiger partial charge in [0.1, 0.15) is 12.4 Å². The van der Waals surface area contributed by atoms with Crippen molar-refractivity contribution in [2.45, 2.75) is 56.2 Å². The Balaban J connectivity index is 1.32. The van der Waals surface area contributed by atoms with Crippen molar-refractivity contribution in [2.24, 2.45) is 11.7 Å². The average Bonchev–Trinajstić information content (AvgIpc) is 3.50. The van der Waals surface area contributed by atoms with Crippen molar-refractivity contribution >= 4 is 0 Å². The van der Waals surface area contributed by atoms with Gasteiger partial charge in [0.05, 0.1) is 0 Å². The molecule has 2 aromatic rings. The molecule has 3 N–H and O–H groups in total. The normalized spacial score (nSPS) is 30.8. The van der Waals surface area contributed by atoms with Gasteiger partial charge in [0, 0.05) is 11.6 Å². The molecule has 0 bridgehead atoms. The minimum absolute atomic E-state index is 0.0422. The number of hydrogen-bond donors (Lipinski definition) is 2. The Bertz CT molecular complexity index is 705. The Kier molecular flexibility index (Phi) is 5.01. The van der Waals surface area contributed by atoms with E-state index in [0.717, 1.165) is 18.6 Å². The lowest BCUT2D eigenvalue weighted by atomic mass is 9.76. The molecular formula is C23H30N2O. The monoisotopic (exact) mass is 350 g/mol. The zero-order valence-electron chi connectivity index (χ0n) is 15.7. The van der Waals surface area contributed by atoms with Crippen LogP contribution in [0.2, 0.25) is 0 Å². The summed E-state index contributed by atoms with van der Waals surface area (Å²) < 4.78 is 5.90. The zero-order chi connectivity index (χ0) is 18.0. The third-order valence-corrected chi connectivity index (χ3v) is 6.41. The van der Waals surface area contributed by atoms with Crippen molar-refractivity contribution in [1.82, 2.24) is 5.32 Å². The average molecular weight is 351 g/mol. The minimum atomic E-state index is 0.0422. The topological polar surface area (TPSA) is 47.3 Å². The fraction of sp³-hybridized carbons (Fsp3) is 0.478. The molecule has 2 unspecified atom stereocenters. The minimum Gasteiger partial charge on any atom is -0.489 e. The van der Waals surface area contributed by atoms with Crippen molar-refractivity contribution in [3.05, 3.63) is 65.7 Å². The molecule has 0 aliphatic heterocycles. The quantitative estimate of drug-likeness (QED) is 0.820. The summed E-state index contributed by atoms with van der Waals surface area (Å²) in [6.07, 6.45) is 5.96. The molecule has 0 aromatic heterocycles. The highest BCUT2D eigenvalue weighted by Gasteiger charge is 2.51. The number of benzene rings is 2. The molecule has 0 spiro atoms. The second-order valence-corrected chi connectivity index (χ2v) is 8.09. The van der Waals surface area contributed by atoms with Crippen LogP contribution in [0.25, 0.3) is 0 Å². The van der Waals surface area contributed by atoms with E-state index in [9.17, 15) is 0 Å². The molecule has 0 amide bonds. The predicted octanol–water partition coefficient (Wildman–Crippen LogP) is 4.23. The number of rotatable bonds is 6. The summed E-state index contributed by atoms with van der Waals surface area (Å²) in [7, 11) is 2.07. The van der Waals surface area contributed by atoms with Crippen LogP contribution in [0.3, 0.4) is 0 Å². The molecule has 2 aliphatic rings. The van der Waals surface area contributed by atoms with Crippen molar-refractivity contribution in [3.63, 3.8) is 0 Å². The molecule has 2 aromatic carbocycles. The number of nitrogens with two attached hydrogens (primary N) is 1. The highest BCUT2D eigenvalue weighted by atomic mass is 16.5. The standard InChI is InChI=1S/C23H30N2O/c1-25-19-11-13-23(24,14-12-19)22-15-21(22)18-7-9-20(10-8-18)26-16-17-5-3-2-4-6-17/h2-10,19,21-22,25H,11-16,24H2,1H3. The van der Waals surface area contributed by atoms with Crippen LogP contribution in [0.15, 0.2) is 54.6 Å². The fourth-order valence-electron chi connectivity index (χ4n) is 4.57. The molecule has 138 valence electrons. The molecule has 3 nitrogen and oxygen atoms in total. The molecule has 2 aliphatic carbocycles. The van der Waals surface area contributed by atoms with E-state index < -0.39 is 0 Å². The summed E-state index contributed by atoms with van der Waals surface area (Å²) in [5, 5.41) is 3.40. The van der Waals surface area contributed by atoms with E-state index in [0.29, 0.717) is 24.5 Å². The lowest BCUT2D eigenvalue weighted by Gasteiger charge is -2.38. The van der Waals surface area contributed by atoms with Crippen LogP contribution in [-0.4, -0.2) is 18.6 Å². The van der Waals surface area contributed by atoms with E-state index in [1.165, 1.54) is 30.4 Å². The van der Waals surface area contributed by atoms with Crippen LogP contribution in [0.5, 0.6) is 5.75 Å². The third-order valence-electron chi connectivity index (χ3n) is 6.41. The highest BCUT2D eigenvalue weighted by Crippen LogP contribution is 2.56. The van der Waals surface area contributed by atoms with Crippen LogP contribution in [0.1, 0.15) is 49.1 Å². The van der Waals surface area contributed by atoms with Gasteiger partial charge in [-0.05, 0) is 74.2 Å². The Morgan fingerprint density at radius 3 is 2.38 bits per heavy atom. The molecule has 0 radical (unpaired) electrons. The Morgan fingerprint density at radius 1 is 1.04 bits per heavy atom. The third kappa shape index (κ3) is 3.79. The lowest BCUT2D eigenvalue weighted by molar-refractivity contribution is 0.225. The largest absolute Gasteiger partial charge is 0.489 e. The summed E-state index contributed by atoms with van der Waals surface area (Å²) in [6, 6.07) is 19.6. The molecule has 2 fully saturated rings. The Morgan fingerprint density at radius 2 is 1.73 bits per heavy atom. The molecular weight excluding hydrogens is 320 g/mol. The van der Waals surface area contributed by atoms with Gasteiger partial charge in [0.2, 0.25) is 0 Å². The summed E-state index contributed by atoms with van der Waals surface area (Å²) in [5.74, 6) is 2.22. The maximum atomic E-state index is 6.80. The summed E-state index contributed by atoms with van der Waals surface area (Å²) in [6.45, 7) is 0.616. The summed E-state index contributed by atoms with van der Waals surface area (Å²) in [5.41, 5.74) is 9.46. The highest BCUT2D eigenvalue weighted by molar-refractivity contribution is 5.34. The van der Waals surface area contributed by atoms with Gasteiger partial charge in [0.15, 0.2) is 0 Å². The maximum Gasteiger partial charge on any atom is 0.119 e. The smallest absolute Gasteiger partial charge is 0.119 e. The van der Waals surface area contributed by atoms with Crippen molar-refractivity contribution < 1.29 is 4.74 Å². The van der Waals surface area contributed by atoms with Gasteiger partial charge in [-0.2, -0.15) is 0 Å². The SMILES string of the molecule is CNC1CCC(N)(C2CC2c2ccc(OCc3ccccc3)cc2)CC1. The van der Waals surface area contributed by atoms with Crippen molar-refractivity contribution in [3.8, 4) is 5.75 Å². The summed E-state index contributed by atoms with van der Waals surface area (Å²) >= 11 is 0. The van der Waals surface area contributed by atoms with Crippen LogP contribution >= 0.6 is 0 Å². The first kappa shape index (κ1) is 17.6. The molecule has 26 heavy (non-hydrogen) atoms. The molecule has 2 atom stereocenters. The van der Waals surface area contributed by atoms with E-state index in [1.807, 2.05) is 18.2 Å². The maximum absolute atomic E-state index is 6.80. The molecule has 2 saturated carbocycles. The first-order valence-corrected chi connectivity index (χ1v) is 9.91. The van der Waals surface area contributed by atoms with E-state index in [1.54, 1.807) is 0 Å². The van der Waals surface area contributed by atoms with Crippen LogP contribution in [0, 0.1) is 5.92 Å². The van der Waals surface area contributed by atoms with Gasteiger partial charge in [-0.3, -0.25) is 0 Å². The lowest BCUT2D eigenvalue weighted by Crippen LogP contribution is -2.48. The first-order valence-electron chi connectivity index (χ1n) is 9.91. The molecule has 4 rings (SSSR count). The molecule has 0 heterocycles. The van der Waals surface area contributed by atoms with Gasteiger partial charge < -0.3 is 15.8 Å². The number of nitrogens with one attached hydrogen (secondary N) is 1. The second kappa shape index (κ2) is 7.42. The van der Waals surface area contributed by atoms with E-state index in [-0.39, 0.29) is 5.54 Å². The van der Waals surface area contributed by atoms with Gasteiger partial charge in [-0.25, -0.2) is 0 Å². The van der Waals surface area contributed by atoms with E-state index in [2.05, 4.69) is 48.8 Å². The van der Waals surface area contributed by atoms with Crippen molar-refractivity contribution in [2.75, 3.05) is 7.05 Å². The van der Waals surface area contributed by atoms with Crippen LogP contribution in [0.4, 0.5) is 0 Å². The number of ether oxygens (including phenoxy) is 1. The number of hydrogen-bond acceptors (Lipinski definition) is 3. The van der Waals surface area contributed by atoms with Gasteiger partial charge in [-0.1, -0.05) is 42.5 Å². The van der Waals surface area contributed by atoms with Crippen LogP contribution < -0.4 is 15.8 Å².